The standard InChI is InChI=1S/C10H23N3O2S/c1-4-10(5-2,8-11)13(3)16(14,15)12-9-6-7-9/h9,12H,4-8,11H2,1-3H3. The van der Waals surface area contributed by atoms with Gasteiger partial charge in [0.15, 0.2) is 0 Å². The van der Waals surface area contributed by atoms with Gasteiger partial charge in [-0.3, -0.25) is 0 Å². The predicted octanol–water partition coefficient (Wildman–Crippen LogP) is 0.433. The molecule has 1 aliphatic rings. The minimum atomic E-state index is -3.39. The normalized spacial score (nSPS) is 18.1. The first-order valence-corrected chi connectivity index (χ1v) is 7.32. The van der Waals surface area contributed by atoms with Crippen molar-refractivity contribution in [3.63, 3.8) is 0 Å². The van der Waals surface area contributed by atoms with Crippen molar-refractivity contribution in [1.29, 1.82) is 0 Å². The van der Waals surface area contributed by atoms with Crippen molar-refractivity contribution >= 4 is 10.2 Å². The Labute approximate surface area is 98.6 Å². The van der Waals surface area contributed by atoms with Gasteiger partial charge in [0.1, 0.15) is 0 Å². The highest BCUT2D eigenvalue weighted by Gasteiger charge is 2.39. The SMILES string of the molecule is CCC(CC)(CN)N(C)S(=O)(=O)NC1CC1. The van der Waals surface area contributed by atoms with Crippen LogP contribution in [0.5, 0.6) is 0 Å². The summed E-state index contributed by atoms with van der Waals surface area (Å²) in [7, 11) is -1.77. The fourth-order valence-electron chi connectivity index (χ4n) is 1.86. The van der Waals surface area contributed by atoms with E-state index in [0.29, 0.717) is 6.54 Å². The molecule has 0 radical (unpaired) electrons. The summed E-state index contributed by atoms with van der Waals surface area (Å²) in [5, 5.41) is 0. The second-order valence-corrected chi connectivity index (χ2v) is 6.23. The third-order valence-electron chi connectivity index (χ3n) is 3.62. The van der Waals surface area contributed by atoms with Crippen LogP contribution < -0.4 is 10.5 Å². The zero-order valence-electron chi connectivity index (χ0n) is 10.4. The lowest BCUT2D eigenvalue weighted by atomic mass is 9.93. The topological polar surface area (TPSA) is 75.4 Å². The molecule has 3 N–H and O–H groups in total. The van der Waals surface area contributed by atoms with Gasteiger partial charge in [0, 0.05) is 25.2 Å². The molecular formula is C10H23N3O2S. The molecule has 0 bridgehead atoms. The van der Waals surface area contributed by atoms with Gasteiger partial charge in [-0.2, -0.15) is 17.4 Å². The maximum Gasteiger partial charge on any atom is 0.279 e. The molecule has 1 rings (SSSR count). The fourth-order valence-corrected chi connectivity index (χ4v) is 3.52. The Morgan fingerprint density at radius 1 is 1.38 bits per heavy atom. The second kappa shape index (κ2) is 5.00. The van der Waals surface area contributed by atoms with E-state index >= 15 is 0 Å². The molecule has 0 saturated heterocycles. The van der Waals surface area contributed by atoms with Crippen molar-refractivity contribution < 1.29 is 8.42 Å². The summed E-state index contributed by atoms with van der Waals surface area (Å²) in [6.07, 6.45) is 3.34. The summed E-state index contributed by atoms with van der Waals surface area (Å²) < 4.78 is 28.2. The molecule has 0 aliphatic heterocycles. The number of hydrogen-bond acceptors (Lipinski definition) is 3. The molecule has 0 atom stereocenters. The first kappa shape index (κ1) is 13.9. The van der Waals surface area contributed by atoms with Crippen LogP contribution in [0.1, 0.15) is 39.5 Å². The summed E-state index contributed by atoms with van der Waals surface area (Å²) in [6, 6.07) is 0.136. The van der Waals surface area contributed by atoms with Crippen LogP contribution in [0.2, 0.25) is 0 Å². The largest absolute Gasteiger partial charge is 0.329 e. The maximum absolute atomic E-state index is 12.1. The molecule has 5 nitrogen and oxygen atoms in total. The van der Waals surface area contributed by atoms with E-state index in [2.05, 4.69) is 4.72 Å². The van der Waals surface area contributed by atoms with Crippen LogP contribution in [-0.4, -0.2) is 37.9 Å². The second-order valence-electron chi connectivity index (χ2n) is 4.50. The van der Waals surface area contributed by atoms with Gasteiger partial charge < -0.3 is 5.73 Å². The lowest BCUT2D eigenvalue weighted by Gasteiger charge is -2.38. The number of hydrogen-bond donors (Lipinski definition) is 2. The molecule has 0 heterocycles. The Hall–Kier alpha value is -0.170. The van der Waals surface area contributed by atoms with Crippen molar-refractivity contribution in [3.8, 4) is 0 Å². The molecule has 96 valence electrons. The lowest BCUT2D eigenvalue weighted by Crippen LogP contribution is -2.56. The average Bonchev–Trinajstić information content (AvgIpc) is 3.04. The molecule has 0 aromatic heterocycles. The molecule has 1 fully saturated rings. The first-order valence-electron chi connectivity index (χ1n) is 5.88. The fraction of sp³-hybridized carbons (Fsp3) is 1.00. The van der Waals surface area contributed by atoms with Crippen LogP contribution in [-0.2, 0) is 10.2 Å². The summed E-state index contributed by atoms with van der Waals surface area (Å²) in [6.45, 7) is 4.29. The summed E-state index contributed by atoms with van der Waals surface area (Å²) in [4.78, 5) is 0. The highest BCUT2D eigenvalue weighted by Crippen LogP contribution is 2.26. The number of rotatable bonds is 7. The van der Waals surface area contributed by atoms with Gasteiger partial charge in [0.05, 0.1) is 0 Å². The van der Waals surface area contributed by atoms with Crippen molar-refractivity contribution in [3.05, 3.63) is 0 Å². The highest BCUT2D eigenvalue weighted by atomic mass is 32.2. The number of nitrogens with one attached hydrogen (secondary N) is 1. The van der Waals surface area contributed by atoms with E-state index in [4.69, 9.17) is 5.73 Å². The summed E-state index contributed by atoms with van der Waals surface area (Å²) in [5.74, 6) is 0. The van der Waals surface area contributed by atoms with Gasteiger partial charge in [0.25, 0.3) is 10.2 Å². The predicted molar refractivity (Wildman–Crippen MR) is 65.2 cm³/mol. The number of nitrogens with two attached hydrogens (primary N) is 1. The monoisotopic (exact) mass is 249 g/mol. The van der Waals surface area contributed by atoms with Gasteiger partial charge in [-0.25, -0.2) is 0 Å². The third kappa shape index (κ3) is 2.74. The molecule has 16 heavy (non-hydrogen) atoms. The maximum atomic E-state index is 12.1. The summed E-state index contributed by atoms with van der Waals surface area (Å²) in [5.41, 5.74) is 5.28. The van der Waals surface area contributed by atoms with Crippen LogP contribution in [0.3, 0.4) is 0 Å². The number of likely N-dealkylation sites (N-methyl/N-ethyl adjacent to an activating group) is 1. The molecule has 0 aromatic rings. The van der Waals surface area contributed by atoms with Gasteiger partial charge in [-0.15, -0.1) is 0 Å². The van der Waals surface area contributed by atoms with Crippen LogP contribution in [0.4, 0.5) is 0 Å². The van der Waals surface area contributed by atoms with E-state index < -0.39 is 15.7 Å². The van der Waals surface area contributed by atoms with Crippen LogP contribution >= 0.6 is 0 Å². The molecule has 1 aliphatic carbocycles. The van der Waals surface area contributed by atoms with Crippen molar-refractivity contribution in [2.24, 2.45) is 5.73 Å². The lowest BCUT2D eigenvalue weighted by molar-refractivity contribution is 0.205. The van der Waals surface area contributed by atoms with E-state index in [0.717, 1.165) is 25.7 Å². The highest BCUT2D eigenvalue weighted by molar-refractivity contribution is 7.87. The Bertz CT molecular complexity index is 313. The Balaban J connectivity index is 2.83. The van der Waals surface area contributed by atoms with E-state index in [-0.39, 0.29) is 6.04 Å². The Morgan fingerprint density at radius 3 is 2.19 bits per heavy atom. The minimum absolute atomic E-state index is 0.136. The molecule has 1 saturated carbocycles. The van der Waals surface area contributed by atoms with Gasteiger partial charge in [-0.05, 0) is 25.7 Å². The molecule has 0 unspecified atom stereocenters. The van der Waals surface area contributed by atoms with E-state index in [1.807, 2.05) is 13.8 Å². The van der Waals surface area contributed by atoms with Crippen LogP contribution in [0.25, 0.3) is 0 Å². The molecule has 0 spiro atoms. The molecular weight excluding hydrogens is 226 g/mol. The van der Waals surface area contributed by atoms with Crippen LogP contribution in [0.15, 0.2) is 0 Å². The van der Waals surface area contributed by atoms with Gasteiger partial charge in [0.2, 0.25) is 0 Å². The van der Waals surface area contributed by atoms with Crippen molar-refractivity contribution in [1.82, 2.24) is 9.03 Å². The van der Waals surface area contributed by atoms with E-state index in [1.54, 1.807) is 7.05 Å². The molecule has 6 heteroatoms. The minimum Gasteiger partial charge on any atom is -0.329 e. The van der Waals surface area contributed by atoms with E-state index in [1.165, 1.54) is 4.31 Å². The van der Waals surface area contributed by atoms with Gasteiger partial charge in [-0.1, -0.05) is 13.8 Å². The summed E-state index contributed by atoms with van der Waals surface area (Å²) >= 11 is 0. The van der Waals surface area contributed by atoms with Gasteiger partial charge >= 0.3 is 0 Å². The Kier molecular flexibility index (Phi) is 4.34. The smallest absolute Gasteiger partial charge is 0.279 e. The van der Waals surface area contributed by atoms with E-state index in [9.17, 15) is 8.42 Å². The quantitative estimate of drug-likeness (QED) is 0.687. The first-order chi connectivity index (χ1) is 7.41. The Morgan fingerprint density at radius 2 is 1.88 bits per heavy atom. The van der Waals surface area contributed by atoms with Crippen molar-refractivity contribution in [2.75, 3.05) is 13.6 Å². The number of nitrogens with zero attached hydrogens (tertiary/aromatic N) is 1. The molecule has 0 amide bonds. The third-order valence-corrected chi connectivity index (χ3v) is 5.36. The zero-order valence-corrected chi connectivity index (χ0v) is 11.2. The zero-order chi connectivity index (χ0) is 12.4. The average molecular weight is 249 g/mol. The van der Waals surface area contributed by atoms with Crippen LogP contribution in [0, 0.1) is 0 Å². The van der Waals surface area contributed by atoms with Crippen molar-refractivity contribution in [2.45, 2.75) is 51.1 Å². The molecule has 0 aromatic carbocycles.